The lowest BCUT2D eigenvalue weighted by molar-refractivity contribution is -0.137. The minimum Gasteiger partial charge on any atom is -0.481 e. The van der Waals surface area contributed by atoms with Gasteiger partial charge < -0.3 is 10.4 Å². The Bertz CT molecular complexity index is 580. The van der Waals surface area contributed by atoms with Gasteiger partial charge in [0.25, 0.3) is 0 Å². The molecule has 0 saturated heterocycles. The molecule has 7 nitrogen and oxygen atoms in total. The summed E-state index contributed by atoms with van der Waals surface area (Å²) in [6.07, 6.45) is 0.322. The monoisotopic (exact) mass is 300 g/mol. The van der Waals surface area contributed by atoms with Crippen molar-refractivity contribution < 1.29 is 23.1 Å². The van der Waals surface area contributed by atoms with Gasteiger partial charge in [-0.1, -0.05) is 12.1 Å². The highest BCUT2D eigenvalue weighted by atomic mass is 32.2. The molecule has 8 heteroatoms. The number of carboxylic acid groups (broad SMARTS) is 1. The topological polar surface area (TPSA) is 113 Å². The molecule has 0 fully saturated rings. The number of rotatable bonds is 7. The molecule has 0 aliphatic rings. The first kappa shape index (κ1) is 16.1. The predicted octanol–water partition coefficient (Wildman–Crippen LogP) is -0.272. The van der Waals surface area contributed by atoms with Crippen LogP contribution in [-0.4, -0.2) is 39.0 Å². The number of sulfonamides is 1. The van der Waals surface area contributed by atoms with Crippen LogP contribution in [0.25, 0.3) is 0 Å². The van der Waals surface area contributed by atoms with Crippen molar-refractivity contribution in [2.75, 3.05) is 13.6 Å². The third kappa shape index (κ3) is 4.98. The number of carbonyl (C=O) groups excluding carboxylic acids is 1. The highest BCUT2D eigenvalue weighted by Gasteiger charge is 2.14. The first-order chi connectivity index (χ1) is 9.35. The van der Waals surface area contributed by atoms with Crippen molar-refractivity contribution in [1.29, 1.82) is 0 Å². The number of hydrogen-bond donors (Lipinski definition) is 3. The molecular formula is C12H16N2O5S. The van der Waals surface area contributed by atoms with Crippen LogP contribution in [0.2, 0.25) is 0 Å². The Morgan fingerprint density at radius 3 is 2.30 bits per heavy atom. The highest BCUT2D eigenvalue weighted by Crippen LogP contribution is 2.11. The molecule has 0 aromatic heterocycles. The van der Waals surface area contributed by atoms with Gasteiger partial charge in [0.2, 0.25) is 15.9 Å². The Hall–Kier alpha value is -1.93. The molecule has 0 spiro atoms. The van der Waals surface area contributed by atoms with Crippen molar-refractivity contribution >= 4 is 21.9 Å². The van der Waals surface area contributed by atoms with E-state index in [1.807, 2.05) is 0 Å². The number of amides is 1. The summed E-state index contributed by atoms with van der Waals surface area (Å²) in [5.74, 6) is -1.35. The summed E-state index contributed by atoms with van der Waals surface area (Å²) in [5, 5.41) is 10.9. The lowest BCUT2D eigenvalue weighted by Crippen LogP contribution is -2.35. The van der Waals surface area contributed by atoms with Crippen LogP contribution in [-0.2, 0) is 26.0 Å². The maximum absolute atomic E-state index is 11.8. The lowest BCUT2D eigenvalue weighted by atomic mass is 10.1. The fourth-order valence-electron chi connectivity index (χ4n) is 1.42. The molecule has 0 atom stereocenters. The molecule has 0 saturated carbocycles. The first-order valence-electron chi connectivity index (χ1n) is 5.86. The lowest BCUT2D eigenvalue weighted by Gasteiger charge is -2.07. The van der Waals surface area contributed by atoms with Crippen molar-refractivity contribution in [1.82, 2.24) is 10.0 Å². The van der Waals surface area contributed by atoms with E-state index in [9.17, 15) is 18.0 Å². The summed E-state index contributed by atoms with van der Waals surface area (Å²) in [5.41, 5.74) is 0.734. The molecule has 0 heterocycles. The number of benzene rings is 1. The first-order valence-corrected chi connectivity index (χ1v) is 7.34. The minimum absolute atomic E-state index is 0.0129. The van der Waals surface area contributed by atoms with Gasteiger partial charge in [0, 0.05) is 13.5 Å². The fourth-order valence-corrected chi connectivity index (χ4v) is 2.40. The van der Waals surface area contributed by atoms with Gasteiger partial charge in [0.15, 0.2) is 0 Å². The number of likely N-dealkylation sites (N-methyl/N-ethyl adjacent to an activating group) is 1. The van der Waals surface area contributed by atoms with Crippen LogP contribution in [0.1, 0.15) is 12.0 Å². The van der Waals surface area contributed by atoms with E-state index in [1.165, 1.54) is 19.2 Å². The molecule has 0 bridgehead atoms. The van der Waals surface area contributed by atoms with Gasteiger partial charge in [-0.15, -0.1) is 0 Å². The number of hydrogen-bond acceptors (Lipinski definition) is 4. The largest absolute Gasteiger partial charge is 0.481 e. The van der Waals surface area contributed by atoms with Gasteiger partial charge in [-0.25, -0.2) is 13.1 Å². The molecule has 0 aliphatic heterocycles. The van der Waals surface area contributed by atoms with Gasteiger partial charge >= 0.3 is 5.97 Å². The molecule has 1 aromatic rings. The number of aliphatic carboxylic acids is 1. The quantitative estimate of drug-likeness (QED) is 0.641. The number of carbonyl (C=O) groups is 2. The molecule has 1 aromatic carbocycles. The Morgan fingerprint density at radius 2 is 1.80 bits per heavy atom. The second-order valence-corrected chi connectivity index (χ2v) is 5.80. The van der Waals surface area contributed by atoms with Crippen LogP contribution < -0.4 is 10.0 Å². The summed E-state index contributed by atoms with van der Waals surface area (Å²) in [4.78, 5) is 21.5. The van der Waals surface area contributed by atoms with Gasteiger partial charge in [0.05, 0.1) is 11.4 Å². The van der Waals surface area contributed by atoms with Gasteiger partial charge in [0.1, 0.15) is 0 Å². The Labute approximate surface area is 117 Å². The van der Waals surface area contributed by atoms with E-state index >= 15 is 0 Å². The summed E-state index contributed by atoms with van der Waals surface area (Å²) in [6.45, 7) is -0.334. The van der Waals surface area contributed by atoms with E-state index in [4.69, 9.17) is 5.11 Å². The van der Waals surface area contributed by atoms with E-state index in [0.717, 1.165) is 5.56 Å². The molecule has 1 rings (SSSR count). The zero-order chi connectivity index (χ0) is 15.2. The van der Waals surface area contributed by atoms with Gasteiger partial charge in [-0.2, -0.15) is 0 Å². The molecular weight excluding hydrogens is 284 g/mol. The van der Waals surface area contributed by atoms with Crippen LogP contribution in [0.3, 0.4) is 0 Å². The standard InChI is InChI=1S/C12H16N2O5S/c1-13-11(15)8-14-20(18,19)10-5-2-9(3-6-10)4-7-12(16)17/h2-3,5-6,14H,4,7-8H2,1H3,(H,13,15)(H,16,17). The molecule has 110 valence electrons. The van der Waals surface area contributed by atoms with Crippen molar-refractivity contribution in [3.63, 3.8) is 0 Å². The van der Waals surface area contributed by atoms with Crippen molar-refractivity contribution in [2.45, 2.75) is 17.7 Å². The zero-order valence-electron chi connectivity index (χ0n) is 10.9. The number of nitrogens with one attached hydrogen (secondary N) is 2. The summed E-state index contributed by atoms with van der Waals surface area (Å²) < 4.78 is 25.9. The average molecular weight is 300 g/mol. The minimum atomic E-state index is -3.74. The summed E-state index contributed by atoms with van der Waals surface area (Å²) >= 11 is 0. The third-order valence-corrected chi connectivity index (χ3v) is 3.98. The Balaban J connectivity index is 2.71. The van der Waals surface area contributed by atoms with E-state index in [-0.39, 0.29) is 17.9 Å². The predicted molar refractivity (Wildman–Crippen MR) is 71.7 cm³/mol. The van der Waals surface area contributed by atoms with E-state index in [0.29, 0.717) is 6.42 Å². The number of carboxylic acids is 1. The van der Waals surface area contributed by atoms with Crippen LogP contribution in [0, 0.1) is 0 Å². The maximum atomic E-state index is 11.8. The second-order valence-electron chi connectivity index (χ2n) is 4.04. The van der Waals surface area contributed by atoms with E-state index in [1.54, 1.807) is 12.1 Å². The smallest absolute Gasteiger partial charge is 0.303 e. The van der Waals surface area contributed by atoms with E-state index in [2.05, 4.69) is 10.0 Å². The molecule has 1 amide bonds. The van der Waals surface area contributed by atoms with Crippen molar-refractivity contribution in [3.05, 3.63) is 29.8 Å². The van der Waals surface area contributed by atoms with Crippen LogP contribution in [0.15, 0.2) is 29.2 Å². The maximum Gasteiger partial charge on any atom is 0.303 e. The average Bonchev–Trinajstić information content (AvgIpc) is 2.43. The van der Waals surface area contributed by atoms with Crippen LogP contribution in [0.4, 0.5) is 0 Å². The van der Waals surface area contributed by atoms with Crippen molar-refractivity contribution in [3.8, 4) is 0 Å². The molecule has 3 N–H and O–H groups in total. The molecule has 20 heavy (non-hydrogen) atoms. The van der Waals surface area contributed by atoms with Gasteiger partial charge in [-0.3, -0.25) is 9.59 Å². The second kappa shape index (κ2) is 7.01. The molecule has 0 aliphatic carbocycles. The molecule has 0 radical (unpaired) electrons. The fraction of sp³-hybridized carbons (Fsp3) is 0.333. The van der Waals surface area contributed by atoms with Crippen LogP contribution >= 0.6 is 0 Å². The van der Waals surface area contributed by atoms with Crippen molar-refractivity contribution in [2.24, 2.45) is 0 Å². The summed E-state index contributed by atoms with van der Waals surface area (Å²) in [7, 11) is -2.33. The molecule has 0 unspecified atom stereocenters. The summed E-state index contributed by atoms with van der Waals surface area (Å²) in [6, 6.07) is 5.86. The highest BCUT2D eigenvalue weighted by molar-refractivity contribution is 7.89. The SMILES string of the molecule is CNC(=O)CNS(=O)(=O)c1ccc(CCC(=O)O)cc1. The Kier molecular flexibility index (Phi) is 5.66. The normalized spacial score (nSPS) is 11.1. The zero-order valence-corrected chi connectivity index (χ0v) is 11.7. The number of aryl methyl sites for hydroxylation is 1. The van der Waals surface area contributed by atoms with E-state index < -0.39 is 21.9 Å². The third-order valence-electron chi connectivity index (χ3n) is 2.56. The van der Waals surface area contributed by atoms with Crippen LogP contribution in [0.5, 0.6) is 0 Å². The Morgan fingerprint density at radius 1 is 1.20 bits per heavy atom. The van der Waals surface area contributed by atoms with Gasteiger partial charge in [-0.05, 0) is 24.1 Å².